The Hall–Kier alpha value is -1.78. The van der Waals surface area contributed by atoms with Crippen LogP contribution in [0.15, 0.2) is 35.2 Å². The molecule has 0 amide bonds. The van der Waals surface area contributed by atoms with E-state index in [9.17, 15) is 28.0 Å². The van der Waals surface area contributed by atoms with Crippen LogP contribution in [-0.4, -0.2) is 43.2 Å². The molecule has 8 nitrogen and oxygen atoms in total. The smallest absolute Gasteiger partial charge is 0.744 e. The molecule has 2 rings (SSSR count). The second-order valence-corrected chi connectivity index (χ2v) is 5.93. The molecular weight excluding hydrogens is 363 g/mol. The average Bonchev–Trinajstić information content (AvgIpc) is 2.55. The van der Waals surface area contributed by atoms with Gasteiger partial charge in [0.1, 0.15) is 15.0 Å². The van der Waals surface area contributed by atoms with Crippen LogP contribution in [-0.2, 0) is 10.1 Å². The molecule has 25 heavy (non-hydrogen) atoms. The Morgan fingerprint density at radius 2 is 1.52 bits per heavy atom. The fraction of sp³-hybridized carbons (Fsp3) is 0.133. The summed E-state index contributed by atoms with van der Waals surface area (Å²) < 4.78 is 44.5. The van der Waals surface area contributed by atoms with Crippen molar-refractivity contribution in [2.24, 2.45) is 0 Å². The first kappa shape index (κ1) is 21.3. The van der Waals surface area contributed by atoms with Gasteiger partial charge >= 0.3 is 29.6 Å². The van der Waals surface area contributed by atoms with Gasteiger partial charge in [-0.05, 0) is 0 Å². The van der Waals surface area contributed by atoms with Gasteiger partial charge in [-0.1, -0.05) is 30.3 Å². The summed E-state index contributed by atoms with van der Waals surface area (Å²) in [6.45, 7) is 0. The zero-order chi connectivity index (χ0) is 18.1. The minimum absolute atomic E-state index is 0. The van der Waals surface area contributed by atoms with E-state index < -0.39 is 49.4 Å². The summed E-state index contributed by atoms with van der Waals surface area (Å²) in [6.07, 6.45) is 0. The normalized spacial score (nSPS) is 10.7. The number of ether oxygens (including phenoxy) is 2. The van der Waals surface area contributed by atoms with Crippen LogP contribution >= 0.6 is 0 Å². The molecule has 0 aliphatic rings. The van der Waals surface area contributed by atoms with Gasteiger partial charge in [0, 0.05) is 5.56 Å². The third kappa shape index (κ3) is 3.91. The molecule has 0 bridgehead atoms. The third-order valence-corrected chi connectivity index (χ3v) is 4.13. The van der Waals surface area contributed by atoms with Gasteiger partial charge in [-0.3, -0.25) is 4.79 Å². The van der Waals surface area contributed by atoms with Crippen LogP contribution in [0.3, 0.4) is 0 Å². The van der Waals surface area contributed by atoms with E-state index in [2.05, 4.69) is 0 Å². The van der Waals surface area contributed by atoms with E-state index in [0.29, 0.717) is 0 Å². The summed E-state index contributed by atoms with van der Waals surface area (Å²) >= 11 is 0. The fourth-order valence-electron chi connectivity index (χ4n) is 2.23. The molecule has 2 aromatic rings. The van der Waals surface area contributed by atoms with E-state index in [4.69, 9.17) is 9.47 Å². The van der Waals surface area contributed by atoms with Crippen LogP contribution in [0.2, 0.25) is 0 Å². The fourth-order valence-corrected chi connectivity index (χ4v) is 2.99. The molecular formula is C15H13NaO8S. The van der Waals surface area contributed by atoms with Gasteiger partial charge in [0.05, 0.1) is 19.8 Å². The van der Waals surface area contributed by atoms with E-state index in [1.54, 1.807) is 6.07 Å². The van der Waals surface area contributed by atoms with Gasteiger partial charge in [-0.2, -0.15) is 0 Å². The number of benzene rings is 2. The van der Waals surface area contributed by atoms with E-state index in [1.165, 1.54) is 24.3 Å². The quantitative estimate of drug-likeness (QED) is 0.272. The Labute approximate surface area is 166 Å². The van der Waals surface area contributed by atoms with Crippen LogP contribution in [0, 0.1) is 0 Å². The number of methoxy groups -OCH3 is 2. The van der Waals surface area contributed by atoms with Crippen molar-refractivity contribution < 1.29 is 67.0 Å². The molecule has 0 spiro atoms. The standard InChI is InChI=1S/C15H14O8S.Na/c1-22-13-9(10(16)8-6-4-3-5-7-8)15(24(19,20)21)12(18)11(17)14(13)23-2;/h3-7,17-18H,1-2H3,(H,19,20,21);/q;+1/p-1. The maximum atomic E-state index is 12.7. The molecule has 0 aliphatic heterocycles. The summed E-state index contributed by atoms with van der Waals surface area (Å²) in [6, 6.07) is 7.47. The number of aromatic hydroxyl groups is 2. The zero-order valence-corrected chi connectivity index (χ0v) is 16.5. The topological polar surface area (TPSA) is 133 Å². The molecule has 0 radical (unpaired) electrons. The summed E-state index contributed by atoms with van der Waals surface area (Å²) in [5.41, 5.74) is -0.668. The maximum absolute atomic E-state index is 12.7. The molecule has 2 N–H and O–H groups in total. The van der Waals surface area contributed by atoms with E-state index in [-0.39, 0.29) is 35.1 Å². The number of hydrogen-bond acceptors (Lipinski definition) is 8. The monoisotopic (exact) mass is 376 g/mol. The van der Waals surface area contributed by atoms with Crippen molar-refractivity contribution in [2.45, 2.75) is 4.90 Å². The van der Waals surface area contributed by atoms with Crippen molar-refractivity contribution in [2.75, 3.05) is 14.2 Å². The van der Waals surface area contributed by atoms with Crippen molar-refractivity contribution in [1.29, 1.82) is 0 Å². The average molecular weight is 376 g/mol. The SMILES string of the molecule is COc1c(O)c(O)c(S(=O)(=O)[O-])c(C(=O)c2ccccc2)c1OC.[Na+]. The van der Waals surface area contributed by atoms with E-state index >= 15 is 0 Å². The number of hydrogen-bond donors (Lipinski definition) is 2. The predicted molar refractivity (Wildman–Crippen MR) is 80.7 cm³/mol. The van der Waals surface area contributed by atoms with Crippen LogP contribution in [0.25, 0.3) is 0 Å². The van der Waals surface area contributed by atoms with Gasteiger partial charge < -0.3 is 24.2 Å². The Balaban J connectivity index is 0.00000312. The summed E-state index contributed by atoms with van der Waals surface area (Å²) in [5.74, 6) is -4.14. The van der Waals surface area contributed by atoms with Crippen molar-refractivity contribution in [3.05, 3.63) is 41.5 Å². The van der Waals surface area contributed by atoms with Gasteiger partial charge in [0.15, 0.2) is 17.3 Å². The largest absolute Gasteiger partial charge is 1.00 e. The number of phenolic OH excluding ortho intramolecular Hbond substituents is 2. The van der Waals surface area contributed by atoms with Gasteiger partial charge in [-0.25, -0.2) is 8.42 Å². The second-order valence-electron chi connectivity index (χ2n) is 4.62. The first-order valence-electron chi connectivity index (χ1n) is 6.49. The molecule has 0 unspecified atom stereocenters. The Bertz CT molecular complexity index is 894. The molecule has 0 fully saturated rings. The molecule has 0 saturated carbocycles. The van der Waals surface area contributed by atoms with Crippen molar-refractivity contribution in [3.8, 4) is 23.0 Å². The predicted octanol–water partition coefficient (Wildman–Crippen LogP) is -1.75. The van der Waals surface area contributed by atoms with Crippen LogP contribution < -0.4 is 39.0 Å². The molecule has 0 aliphatic carbocycles. The Kier molecular flexibility index (Phi) is 6.86. The third-order valence-electron chi connectivity index (χ3n) is 3.24. The van der Waals surface area contributed by atoms with Crippen LogP contribution in [0.5, 0.6) is 23.0 Å². The van der Waals surface area contributed by atoms with Crippen molar-refractivity contribution in [3.63, 3.8) is 0 Å². The molecule has 0 heterocycles. The number of rotatable bonds is 5. The van der Waals surface area contributed by atoms with Crippen LogP contribution in [0.4, 0.5) is 0 Å². The Morgan fingerprint density at radius 1 is 1.00 bits per heavy atom. The van der Waals surface area contributed by atoms with Crippen LogP contribution in [0.1, 0.15) is 15.9 Å². The molecule has 0 atom stereocenters. The van der Waals surface area contributed by atoms with Crippen molar-refractivity contribution in [1.82, 2.24) is 0 Å². The molecule has 2 aromatic carbocycles. The summed E-state index contributed by atoms with van der Waals surface area (Å²) in [4.78, 5) is 11.4. The zero-order valence-electron chi connectivity index (χ0n) is 13.6. The first-order chi connectivity index (χ1) is 11.2. The number of ketones is 1. The minimum Gasteiger partial charge on any atom is -0.744 e. The van der Waals surface area contributed by atoms with Crippen molar-refractivity contribution >= 4 is 15.9 Å². The summed E-state index contributed by atoms with van der Waals surface area (Å²) in [7, 11) is -3.11. The van der Waals surface area contributed by atoms with Gasteiger partial charge in [-0.15, -0.1) is 0 Å². The first-order valence-corrected chi connectivity index (χ1v) is 7.90. The van der Waals surface area contributed by atoms with E-state index in [0.717, 1.165) is 14.2 Å². The molecule has 10 heteroatoms. The van der Waals surface area contributed by atoms with E-state index in [1.807, 2.05) is 0 Å². The number of carbonyl (C=O) groups excluding carboxylic acids is 1. The Morgan fingerprint density at radius 3 is 1.96 bits per heavy atom. The summed E-state index contributed by atoms with van der Waals surface area (Å²) in [5, 5.41) is 19.8. The van der Waals surface area contributed by atoms with Gasteiger partial charge in [0.25, 0.3) is 0 Å². The number of phenols is 2. The number of carbonyl (C=O) groups is 1. The minimum atomic E-state index is -5.31. The van der Waals surface area contributed by atoms with Gasteiger partial charge in [0.2, 0.25) is 11.5 Å². The maximum Gasteiger partial charge on any atom is 1.00 e. The molecule has 0 aromatic heterocycles. The second kappa shape index (κ2) is 8.07. The molecule has 128 valence electrons. The molecule has 0 saturated heterocycles.